The third-order valence-electron chi connectivity index (χ3n) is 4.99. The summed E-state index contributed by atoms with van der Waals surface area (Å²) < 4.78 is 14.1. The highest BCUT2D eigenvalue weighted by molar-refractivity contribution is 5.41. The van der Waals surface area contributed by atoms with Crippen LogP contribution in [0.3, 0.4) is 0 Å². The van der Waals surface area contributed by atoms with Crippen molar-refractivity contribution in [2.45, 2.75) is 38.2 Å². The highest BCUT2D eigenvalue weighted by atomic mass is 19.1. The van der Waals surface area contributed by atoms with Gasteiger partial charge in [0.25, 0.3) is 0 Å². The van der Waals surface area contributed by atoms with Crippen LogP contribution in [0.15, 0.2) is 36.4 Å². The molecule has 1 aliphatic rings. The van der Waals surface area contributed by atoms with E-state index in [0.717, 1.165) is 17.7 Å². The van der Waals surface area contributed by atoms with Crippen LogP contribution in [0.5, 0.6) is 5.75 Å². The third-order valence-corrected chi connectivity index (χ3v) is 4.99. The largest absolute Gasteiger partial charge is 0.508 e. The van der Waals surface area contributed by atoms with Gasteiger partial charge in [0, 0.05) is 31.5 Å². The van der Waals surface area contributed by atoms with Crippen molar-refractivity contribution < 1.29 is 14.6 Å². The van der Waals surface area contributed by atoms with Gasteiger partial charge in [-0.25, -0.2) is 4.39 Å². The second-order valence-corrected chi connectivity index (χ2v) is 7.66. The molecule has 0 saturated carbocycles. The predicted octanol–water partition coefficient (Wildman–Crippen LogP) is 3.59. The van der Waals surface area contributed by atoms with Gasteiger partial charge in [-0.3, -0.25) is 4.90 Å². The summed E-state index contributed by atoms with van der Waals surface area (Å²) in [4.78, 5) is 2.19. The number of aliphatic hydroxyl groups is 1. The molecular formula is C21H25FNO2. The average molecular weight is 342 g/mol. The lowest BCUT2D eigenvalue weighted by Crippen LogP contribution is -2.37. The van der Waals surface area contributed by atoms with E-state index in [1.54, 1.807) is 39.0 Å². The Labute approximate surface area is 148 Å². The lowest BCUT2D eigenvalue weighted by Gasteiger charge is -2.25. The Morgan fingerprint density at radius 1 is 1.20 bits per heavy atom. The summed E-state index contributed by atoms with van der Waals surface area (Å²) in [7, 11) is 0. The third kappa shape index (κ3) is 3.86. The number of halogens is 1. The molecule has 0 amide bonds. The molecular weight excluding hydrogens is 317 g/mol. The van der Waals surface area contributed by atoms with Crippen LogP contribution in [0, 0.1) is 18.8 Å². The number of β-amino-alcohol motifs (C(OH)–C–C–N with tert-alkyl or cyclic N) is 1. The van der Waals surface area contributed by atoms with Crippen LogP contribution in [0.4, 0.5) is 4.39 Å². The Balaban J connectivity index is 2.00. The molecule has 0 spiro atoms. The first-order valence-corrected chi connectivity index (χ1v) is 8.65. The first-order chi connectivity index (χ1) is 11.8. The fourth-order valence-electron chi connectivity index (χ4n) is 3.96. The molecule has 1 aliphatic heterocycles. The summed E-state index contributed by atoms with van der Waals surface area (Å²) in [6, 6.07) is 13.3. The smallest absolute Gasteiger partial charge is 0.126 e. The van der Waals surface area contributed by atoms with Crippen molar-refractivity contribution in [3.05, 3.63) is 65.0 Å². The van der Waals surface area contributed by atoms with Gasteiger partial charge in [0.1, 0.15) is 11.6 Å². The van der Waals surface area contributed by atoms with Gasteiger partial charge in [-0.2, -0.15) is 0 Å². The Morgan fingerprint density at radius 3 is 2.52 bits per heavy atom. The van der Waals surface area contributed by atoms with Crippen LogP contribution in [0.25, 0.3) is 0 Å². The van der Waals surface area contributed by atoms with Crippen molar-refractivity contribution in [3.63, 3.8) is 0 Å². The molecule has 2 atom stereocenters. The van der Waals surface area contributed by atoms with E-state index < -0.39 is 5.60 Å². The molecule has 0 aromatic heterocycles. The highest BCUT2D eigenvalue weighted by Crippen LogP contribution is 2.43. The summed E-state index contributed by atoms with van der Waals surface area (Å²) in [6.07, 6.45) is 0. The predicted molar refractivity (Wildman–Crippen MR) is 96.3 cm³/mol. The molecule has 0 bridgehead atoms. The second-order valence-electron chi connectivity index (χ2n) is 7.66. The molecule has 133 valence electrons. The van der Waals surface area contributed by atoms with E-state index >= 15 is 0 Å². The van der Waals surface area contributed by atoms with E-state index in [1.165, 1.54) is 6.07 Å². The summed E-state index contributed by atoms with van der Waals surface area (Å²) in [5.41, 5.74) is 1.67. The molecule has 0 aliphatic carbocycles. The Kier molecular flexibility index (Phi) is 4.85. The number of benzene rings is 2. The van der Waals surface area contributed by atoms with Crippen molar-refractivity contribution in [2.75, 3.05) is 19.6 Å². The first-order valence-electron chi connectivity index (χ1n) is 8.65. The molecule has 4 heteroatoms. The van der Waals surface area contributed by atoms with E-state index in [0.29, 0.717) is 18.7 Å². The SMILES string of the molecule is Cc1c(F)cccc1[C@@H]1CN(CC(C)(C)O)C[C@@H]1c1cc[c]cc1O. The minimum Gasteiger partial charge on any atom is -0.508 e. The van der Waals surface area contributed by atoms with Crippen LogP contribution in [-0.2, 0) is 0 Å². The average Bonchev–Trinajstić information content (AvgIpc) is 2.91. The summed E-state index contributed by atoms with van der Waals surface area (Å²) in [5.74, 6) is 0.114. The number of hydrogen-bond donors (Lipinski definition) is 2. The van der Waals surface area contributed by atoms with Crippen LogP contribution >= 0.6 is 0 Å². The summed E-state index contributed by atoms with van der Waals surface area (Å²) in [6.45, 7) is 7.35. The number of rotatable bonds is 4. The van der Waals surface area contributed by atoms with Gasteiger partial charge in [0.15, 0.2) is 0 Å². The van der Waals surface area contributed by atoms with E-state index in [9.17, 15) is 14.6 Å². The lowest BCUT2D eigenvalue weighted by atomic mass is 9.82. The number of aromatic hydroxyl groups is 1. The zero-order valence-electron chi connectivity index (χ0n) is 15.0. The minimum absolute atomic E-state index is 0.0393. The molecule has 25 heavy (non-hydrogen) atoms. The van der Waals surface area contributed by atoms with Gasteiger partial charge < -0.3 is 10.2 Å². The number of nitrogens with zero attached hydrogens (tertiary/aromatic N) is 1. The quantitative estimate of drug-likeness (QED) is 0.892. The molecule has 1 saturated heterocycles. The Morgan fingerprint density at radius 2 is 1.88 bits per heavy atom. The zero-order chi connectivity index (χ0) is 18.2. The molecule has 2 aromatic rings. The maximum Gasteiger partial charge on any atom is 0.126 e. The van der Waals surface area contributed by atoms with Crippen molar-refractivity contribution >= 4 is 0 Å². The minimum atomic E-state index is -0.803. The number of hydrogen-bond acceptors (Lipinski definition) is 3. The number of likely N-dealkylation sites (tertiary alicyclic amines) is 1. The maximum absolute atomic E-state index is 14.1. The van der Waals surface area contributed by atoms with Crippen molar-refractivity contribution in [3.8, 4) is 5.75 Å². The fourth-order valence-corrected chi connectivity index (χ4v) is 3.96. The van der Waals surface area contributed by atoms with Gasteiger partial charge in [-0.1, -0.05) is 24.3 Å². The molecule has 3 nitrogen and oxygen atoms in total. The fraction of sp³-hybridized carbons (Fsp3) is 0.429. The summed E-state index contributed by atoms with van der Waals surface area (Å²) in [5, 5.41) is 20.5. The normalized spacial score (nSPS) is 21.6. The molecule has 0 unspecified atom stereocenters. The standard InChI is InChI=1S/C21H25FNO2/c1-14-15(8-6-9-19(14)22)17-11-23(13-21(2,3)25)12-18(17)16-7-4-5-10-20(16)24/h4,6-10,17-18,24-25H,11-13H2,1-3H3/t17-,18+/m0/s1. The van der Waals surface area contributed by atoms with Gasteiger partial charge >= 0.3 is 0 Å². The molecule has 1 heterocycles. The van der Waals surface area contributed by atoms with E-state index in [2.05, 4.69) is 11.0 Å². The van der Waals surface area contributed by atoms with Gasteiger partial charge in [0.05, 0.1) is 5.60 Å². The van der Waals surface area contributed by atoms with Crippen molar-refractivity contribution in [1.29, 1.82) is 0 Å². The van der Waals surface area contributed by atoms with E-state index in [-0.39, 0.29) is 23.4 Å². The highest BCUT2D eigenvalue weighted by Gasteiger charge is 2.38. The first kappa shape index (κ1) is 17.9. The maximum atomic E-state index is 14.1. The van der Waals surface area contributed by atoms with Crippen LogP contribution in [0.1, 0.15) is 42.4 Å². The van der Waals surface area contributed by atoms with Gasteiger partial charge in [-0.15, -0.1) is 0 Å². The lowest BCUT2D eigenvalue weighted by molar-refractivity contribution is 0.0432. The second kappa shape index (κ2) is 6.77. The Hall–Kier alpha value is -1.91. The summed E-state index contributed by atoms with van der Waals surface area (Å²) >= 11 is 0. The Bertz CT molecular complexity index is 754. The van der Waals surface area contributed by atoms with Crippen LogP contribution in [0.2, 0.25) is 0 Å². The van der Waals surface area contributed by atoms with E-state index in [1.807, 2.05) is 12.1 Å². The molecule has 2 aromatic carbocycles. The molecule has 3 rings (SSSR count). The van der Waals surface area contributed by atoms with Crippen LogP contribution in [-0.4, -0.2) is 40.3 Å². The molecule has 2 N–H and O–H groups in total. The van der Waals surface area contributed by atoms with Gasteiger partial charge in [0.2, 0.25) is 0 Å². The van der Waals surface area contributed by atoms with E-state index in [4.69, 9.17) is 0 Å². The van der Waals surface area contributed by atoms with Crippen molar-refractivity contribution in [1.82, 2.24) is 4.90 Å². The number of phenolic OH excluding ortho intramolecular Hbond substituents is 1. The molecule has 1 fully saturated rings. The van der Waals surface area contributed by atoms with Crippen LogP contribution < -0.4 is 0 Å². The monoisotopic (exact) mass is 342 g/mol. The zero-order valence-corrected chi connectivity index (χ0v) is 15.0. The van der Waals surface area contributed by atoms with Gasteiger partial charge in [-0.05, 0) is 55.7 Å². The van der Waals surface area contributed by atoms with Crippen molar-refractivity contribution in [2.24, 2.45) is 0 Å². The number of phenols is 1. The molecule has 1 radical (unpaired) electrons. The topological polar surface area (TPSA) is 43.7 Å².